The zero-order valence-corrected chi connectivity index (χ0v) is 45.6. The molecule has 0 spiro atoms. The minimum absolute atomic E-state index is 0.480. The van der Waals surface area contributed by atoms with Crippen LogP contribution in [-0.2, 0) is 38.5 Å². The number of hydrogen-bond donors (Lipinski definition) is 0. The fourth-order valence-corrected chi connectivity index (χ4v) is 11.8. The van der Waals surface area contributed by atoms with Crippen LogP contribution < -0.4 is 56.8 Å². The second kappa shape index (κ2) is 22.1. The van der Waals surface area contributed by atoms with Gasteiger partial charge in [0, 0.05) is 71.9 Å². The van der Waals surface area contributed by atoms with E-state index in [2.05, 4.69) is 36.4 Å². The molecule has 0 N–H and O–H groups in total. The van der Waals surface area contributed by atoms with Gasteiger partial charge in [-0.3, -0.25) is 0 Å². The van der Waals surface area contributed by atoms with Crippen molar-refractivity contribution in [1.82, 2.24) is 0 Å². The van der Waals surface area contributed by atoms with Crippen molar-refractivity contribution in [3.05, 3.63) is 137 Å². The van der Waals surface area contributed by atoms with Crippen LogP contribution in [0.5, 0.6) is 69.0 Å². The van der Waals surface area contributed by atoms with Crippen molar-refractivity contribution < 1.29 is 56.8 Å². The van der Waals surface area contributed by atoms with E-state index < -0.39 is 0 Å². The van der Waals surface area contributed by atoms with Crippen LogP contribution in [0.15, 0.2) is 36.4 Å². The molecule has 0 aromatic heterocycles. The fourth-order valence-electron chi connectivity index (χ4n) is 11.8. The summed E-state index contributed by atoms with van der Waals surface area (Å²) < 4.78 is 74.7. The maximum absolute atomic E-state index is 6.22. The van der Waals surface area contributed by atoms with Gasteiger partial charge in [-0.1, -0.05) is 0 Å². The summed E-state index contributed by atoms with van der Waals surface area (Å²) in [7, 11) is 20.4. The molecule has 6 aromatic rings. The summed E-state index contributed by atoms with van der Waals surface area (Å²) in [6.45, 7) is 12.2. The first kappa shape index (κ1) is 52.7. The summed E-state index contributed by atoms with van der Waals surface area (Å²) >= 11 is 0. The molecule has 1 aliphatic carbocycles. The topological polar surface area (TPSA) is 111 Å². The van der Waals surface area contributed by atoms with Gasteiger partial charge < -0.3 is 56.8 Å². The molecule has 12 heteroatoms. The summed E-state index contributed by atoms with van der Waals surface area (Å²) in [5.74, 6) is 8.78. The highest BCUT2D eigenvalue weighted by Crippen LogP contribution is 2.48. The van der Waals surface area contributed by atoms with E-state index in [9.17, 15) is 0 Å². The molecule has 0 saturated heterocycles. The SMILES string of the molecule is COc1c2cc(c(OC)c1C)Cc1cc(c(OC)c(C)c1OC)Cc1cc(c(OC)c(C)c1OC)Cc1cc(c(OC)c(C)c1OC)Cc1cc(c(OC)c(C)c1OC)Cc1cc(c(OC)c(C)c1OC)C2. The van der Waals surface area contributed by atoms with Gasteiger partial charge in [-0.15, -0.1) is 0 Å². The lowest BCUT2D eigenvalue weighted by atomic mass is 9.88. The molecule has 0 heterocycles. The van der Waals surface area contributed by atoms with Crippen molar-refractivity contribution in [2.75, 3.05) is 85.3 Å². The van der Waals surface area contributed by atoms with Crippen molar-refractivity contribution in [1.29, 1.82) is 0 Å². The van der Waals surface area contributed by atoms with E-state index in [0.717, 1.165) is 169 Å². The highest BCUT2D eigenvalue weighted by Gasteiger charge is 2.28. The van der Waals surface area contributed by atoms with Crippen molar-refractivity contribution in [3.63, 3.8) is 0 Å². The number of methoxy groups -OCH3 is 12. The third kappa shape index (κ3) is 9.32. The smallest absolute Gasteiger partial charge is 0.129 e. The minimum Gasteiger partial charge on any atom is -0.496 e. The molecule has 0 atom stereocenters. The predicted molar refractivity (Wildman–Crippen MR) is 283 cm³/mol. The summed E-state index contributed by atoms with van der Waals surface area (Å²) in [6, 6.07) is 13.1. The fraction of sp³-hybridized carbons (Fsp3) is 0.400. The average Bonchev–Trinajstić information content (AvgIpc) is 3.34. The highest BCUT2D eigenvalue weighted by molar-refractivity contribution is 5.66. The quantitative estimate of drug-likeness (QED) is 0.116. The van der Waals surface area contributed by atoms with E-state index in [1.807, 2.05) is 41.5 Å². The minimum atomic E-state index is 0.480. The normalized spacial score (nSPS) is 12.2. The van der Waals surface area contributed by atoms with Gasteiger partial charge in [-0.05, 0) is 145 Å². The van der Waals surface area contributed by atoms with E-state index in [1.54, 1.807) is 85.3 Å². The zero-order chi connectivity index (χ0) is 52.3. The van der Waals surface area contributed by atoms with Crippen LogP contribution in [0.4, 0.5) is 0 Å². The third-order valence-electron chi connectivity index (χ3n) is 14.4. The Kier molecular flexibility index (Phi) is 16.2. The van der Waals surface area contributed by atoms with Crippen LogP contribution in [0.1, 0.15) is 100 Å². The molecule has 0 unspecified atom stereocenters. The van der Waals surface area contributed by atoms with E-state index in [4.69, 9.17) is 56.8 Å². The van der Waals surface area contributed by atoms with Crippen LogP contribution in [0, 0.1) is 41.5 Å². The molecule has 6 aromatic carbocycles. The lowest BCUT2D eigenvalue weighted by Gasteiger charge is -2.24. The van der Waals surface area contributed by atoms with Gasteiger partial charge in [0.25, 0.3) is 0 Å². The van der Waals surface area contributed by atoms with Crippen molar-refractivity contribution >= 4 is 0 Å². The summed E-state index contributed by atoms with van der Waals surface area (Å²) in [6.07, 6.45) is 2.88. The van der Waals surface area contributed by atoms with Crippen LogP contribution >= 0.6 is 0 Å². The molecule has 72 heavy (non-hydrogen) atoms. The Labute approximate surface area is 426 Å². The van der Waals surface area contributed by atoms with Gasteiger partial charge in [0.15, 0.2) is 0 Å². The Hall–Kier alpha value is -7.08. The summed E-state index contributed by atoms with van der Waals surface area (Å²) in [4.78, 5) is 0. The molecule has 0 radical (unpaired) electrons. The van der Waals surface area contributed by atoms with Gasteiger partial charge in [0.1, 0.15) is 69.0 Å². The van der Waals surface area contributed by atoms with Gasteiger partial charge in [-0.25, -0.2) is 0 Å². The van der Waals surface area contributed by atoms with Crippen molar-refractivity contribution in [2.24, 2.45) is 0 Å². The Morgan fingerprint density at radius 1 is 0.181 bits per heavy atom. The molecule has 384 valence electrons. The number of fused-ring (bicyclic) bond motifs is 12. The van der Waals surface area contributed by atoms with Crippen LogP contribution in [-0.4, -0.2) is 85.3 Å². The van der Waals surface area contributed by atoms with E-state index >= 15 is 0 Å². The monoisotopic (exact) mass is 985 g/mol. The third-order valence-corrected chi connectivity index (χ3v) is 14.4. The van der Waals surface area contributed by atoms with Crippen LogP contribution in [0.3, 0.4) is 0 Å². The first-order valence-electron chi connectivity index (χ1n) is 24.1. The molecule has 1 aliphatic rings. The Morgan fingerprint density at radius 2 is 0.264 bits per heavy atom. The van der Waals surface area contributed by atoms with E-state index in [0.29, 0.717) is 38.5 Å². The zero-order valence-electron chi connectivity index (χ0n) is 45.6. The molecule has 0 saturated carbocycles. The predicted octanol–water partition coefficient (Wildman–Crippen LogP) is 11.5. The second-order valence-corrected chi connectivity index (χ2v) is 18.4. The number of hydrogen-bond acceptors (Lipinski definition) is 12. The molecule has 7 rings (SSSR count). The second-order valence-electron chi connectivity index (χ2n) is 18.4. The van der Waals surface area contributed by atoms with Crippen molar-refractivity contribution in [3.8, 4) is 69.0 Å². The molecular formula is C60H72O12. The standard InChI is InChI=1S/C60H72O12/c1-31-49(61-7)37-19-38(50(31)62-8)26-40-21-42(54(66-12)33(3)52(40)64-10)28-44-23-46(58(70-16)35(5)56(44)68-14)30-48-24-47(59(71-17)36(6)60(48)72-18)29-45-22-43(55(67-13)34(4)57(45)69-15)27-41-20-39(25-37)51(63-9)32(2)53(41)65-11/h19-24H,25-30H2,1-18H3. The Morgan fingerprint density at radius 3 is 0.333 bits per heavy atom. The van der Waals surface area contributed by atoms with Crippen molar-refractivity contribution in [2.45, 2.75) is 80.1 Å². The lowest BCUT2D eigenvalue weighted by Crippen LogP contribution is -2.09. The van der Waals surface area contributed by atoms with Gasteiger partial charge in [0.05, 0.1) is 85.3 Å². The molecule has 0 fully saturated rings. The summed E-state index contributed by atoms with van der Waals surface area (Å²) in [5, 5.41) is 0. The molecule has 0 amide bonds. The largest absolute Gasteiger partial charge is 0.496 e. The molecule has 12 nitrogen and oxygen atoms in total. The molecule has 12 bridgehead atoms. The van der Waals surface area contributed by atoms with Gasteiger partial charge >= 0.3 is 0 Å². The van der Waals surface area contributed by atoms with Gasteiger partial charge in [-0.2, -0.15) is 0 Å². The summed E-state index contributed by atoms with van der Waals surface area (Å²) in [5.41, 5.74) is 16.9. The average molecular weight is 985 g/mol. The first-order valence-corrected chi connectivity index (χ1v) is 24.1. The first-order chi connectivity index (χ1) is 34.6. The lowest BCUT2D eigenvalue weighted by molar-refractivity contribution is 0.377. The number of ether oxygens (including phenoxy) is 12. The number of benzene rings is 6. The van der Waals surface area contributed by atoms with Crippen LogP contribution in [0.2, 0.25) is 0 Å². The Bertz CT molecular complexity index is 2330. The van der Waals surface area contributed by atoms with E-state index in [-0.39, 0.29) is 0 Å². The maximum Gasteiger partial charge on any atom is 0.129 e. The van der Waals surface area contributed by atoms with Crippen LogP contribution in [0.25, 0.3) is 0 Å². The highest BCUT2D eigenvalue weighted by atomic mass is 16.5. The Balaban J connectivity index is 1.60. The molecule has 0 aliphatic heterocycles. The number of rotatable bonds is 12. The molecular weight excluding hydrogens is 913 g/mol. The van der Waals surface area contributed by atoms with Gasteiger partial charge in [0.2, 0.25) is 0 Å². The van der Waals surface area contributed by atoms with E-state index in [1.165, 1.54) is 0 Å². The maximum atomic E-state index is 6.22.